The summed E-state index contributed by atoms with van der Waals surface area (Å²) < 4.78 is 5.45. The standard InChI is InChI=1S/C18H21N3O3/c22-21(23)17-9-5-4-8-16(17)19-14-18(15-6-2-1-3-7-15)20-10-12-24-13-11-20/h1-9,18-19H,10-14H2. The zero-order valence-corrected chi connectivity index (χ0v) is 13.4. The quantitative estimate of drug-likeness (QED) is 0.652. The Labute approximate surface area is 141 Å². The van der Waals surface area contributed by atoms with E-state index in [1.54, 1.807) is 12.1 Å². The van der Waals surface area contributed by atoms with Gasteiger partial charge in [0, 0.05) is 25.7 Å². The molecule has 1 saturated heterocycles. The number of anilines is 1. The first kappa shape index (κ1) is 16.4. The average Bonchev–Trinajstić information content (AvgIpc) is 2.64. The normalized spacial score (nSPS) is 16.5. The smallest absolute Gasteiger partial charge is 0.292 e. The second-order valence-electron chi connectivity index (χ2n) is 5.73. The first-order valence-corrected chi connectivity index (χ1v) is 8.10. The van der Waals surface area contributed by atoms with E-state index in [0.29, 0.717) is 12.2 Å². The zero-order chi connectivity index (χ0) is 16.8. The van der Waals surface area contributed by atoms with Gasteiger partial charge in [0.25, 0.3) is 5.69 Å². The van der Waals surface area contributed by atoms with E-state index in [1.807, 2.05) is 24.3 Å². The predicted molar refractivity (Wildman–Crippen MR) is 93.2 cm³/mol. The Balaban J connectivity index is 1.78. The summed E-state index contributed by atoms with van der Waals surface area (Å²) >= 11 is 0. The molecule has 24 heavy (non-hydrogen) atoms. The molecule has 0 radical (unpaired) electrons. The van der Waals surface area contributed by atoms with E-state index in [-0.39, 0.29) is 16.7 Å². The summed E-state index contributed by atoms with van der Waals surface area (Å²) in [6.07, 6.45) is 0. The van der Waals surface area contributed by atoms with Crippen molar-refractivity contribution in [2.45, 2.75) is 6.04 Å². The fraction of sp³-hybridized carbons (Fsp3) is 0.333. The van der Waals surface area contributed by atoms with E-state index in [1.165, 1.54) is 11.6 Å². The van der Waals surface area contributed by atoms with E-state index < -0.39 is 0 Å². The third-order valence-electron chi connectivity index (χ3n) is 4.26. The molecule has 6 heteroatoms. The molecule has 126 valence electrons. The average molecular weight is 327 g/mol. The Morgan fingerprint density at radius 1 is 1.08 bits per heavy atom. The third-order valence-corrected chi connectivity index (χ3v) is 4.26. The molecular weight excluding hydrogens is 306 g/mol. The van der Waals surface area contributed by atoms with Gasteiger partial charge in [-0.1, -0.05) is 42.5 Å². The van der Waals surface area contributed by atoms with Crippen LogP contribution in [0.25, 0.3) is 0 Å². The van der Waals surface area contributed by atoms with Gasteiger partial charge in [-0.05, 0) is 11.6 Å². The van der Waals surface area contributed by atoms with Gasteiger partial charge in [-0.3, -0.25) is 15.0 Å². The number of nitro benzene ring substituents is 1. The van der Waals surface area contributed by atoms with Crippen LogP contribution < -0.4 is 5.32 Å². The predicted octanol–water partition coefficient (Wildman–Crippen LogP) is 3.08. The minimum atomic E-state index is -0.353. The highest BCUT2D eigenvalue weighted by Crippen LogP contribution is 2.26. The molecule has 1 aliphatic rings. The molecule has 1 aliphatic heterocycles. The number of nitro groups is 1. The molecule has 0 amide bonds. The molecule has 0 saturated carbocycles. The van der Waals surface area contributed by atoms with Crippen LogP contribution in [-0.2, 0) is 4.74 Å². The monoisotopic (exact) mass is 327 g/mol. The van der Waals surface area contributed by atoms with Gasteiger partial charge >= 0.3 is 0 Å². The minimum Gasteiger partial charge on any atom is -0.379 e. The van der Waals surface area contributed by atoms with Gasteiger partial charge in [-0.15, -0.1) is 0 Å². The summed E-state index contributed by atoms with van der Waals surface area (Å²) in [6.45, 7) is 3.76. The van der Waals surface area contributed by atoms with E-state index in [4.69, 9.17) is 4.74 Å². The van der Waals surface area contributed by atoms with Crippen LogP contribution in [0.2, 0.25) is 0 Å². The van der Waals surface area contributed by atoms with Crippen molar-refractivity contribution in [3.8, 4) is 0 Å². The SMILES string of the molecule is O=[N+]([O-])c1ccccc1NCC(c1ccccc1)N1CCOCC1. The minimum absolute atomic E-state index is 0.103. The first-order chi connectivity index (χ1) is 11.8. The second kappa shape index (κ2) is 7.90. The van der Waals surface area contributed by atoms with Crippen LogP contribution in [0.3, 0.4) is 0 Å². The van der Waals surface area contributed by atoms with Crippen LogP contribution in [0.4, 0.5) is 11.4 Å². The summed E-state index contributed by atoms with van der Waals surface area (Å²) in [5, 5.41) is 14.4. The van der Waals surface area contributed by atoms with Crippen molar-refractivity contribution in [3.63, 3.8) is 0 Å². The van der Waals surface area contributed by atoms with Gasteiger partial charge < -0.3 is 10.1 Å². The van der Waals surface area contributed by atoms with Crippen LogP contribution in [-0.4, -0.2) is 42.7 Å². The van der Waals surface area contributed by atoms with Gasteiger partial charge in [0.2, 0.25) is 0 Å². The lowest BCUT2D eigenvalue weighted by atomic mass is 10.0. The number of nitrogens with zero attached hydrogens (tertiary/aromatic N) is 2. The van der Waals surface area contributed by atoms with Gasteiger partial charge in [-0.25, -0.2) is 0 Å². The summed E-state index contributed by atoms with van der Waals surface area (Å²) in [5.74, 6) is 0. The molecule has 1 atom stereocenters. The molecule has 1 fully saturated rings. The highest BCUT2D eigenvalue weighted by Gasteiger charge is 2.23. The summed E-state index contributed by atoms with van der Waals surface area (Å²) in [7, 11) is 0. The van der Waals surface area contributed by atoms with Crippen molar-refractivity contribution in [3.05, 3.63) is 70.3 Å². The van der Waals surface area contributed by atoms with Gasteiger partial charge in [0.05, 0.1) is 24.2 Å². The maximum Gasteiger partial charge on any atom is 0.292 e. The molecular formula is C18H21N3O3. The van der Waals surface area contributed by atoms with Crippen LogP contribution in [0.5, 0.6) is 0 Å². The Kier molecular flexibility index (Phi) is 5.40. The number of rotatable bonds is 6. The molecule has 0 spiro atoms. The zero-order valence-electron chi connectivity index (χ0n) is 13.4. The third kappa shape index (κ3) is 3.90. The highest BCUT2D eigenvalue weighted by molar-refractivity contribution is 5.61. The molecule has 0 aliphatic carbocycles. The fourth-order valence-electron chi connectivity index (χ4n) is 3.01. The molecule has 1 heterocycles. The summed E-state index contributed by atoms with van der Waals surface area (Å²) in [4.78, 5) is 13.2. The Bertz CT molecular complexity index is 672. The van der Waals surface area contributed by atoms with Crippen molar-refractivity contribution in [2.24, 2.45) is 0 Å². The number of hydrogen-bond acceptors (Lipinski definition) is 5. The van der Waals surface area contributed by atoms with Crippen molar-refractivity contribution in [1.82, 2.24) is 4.90 Å². The number of morpholine rings is 1. The van der Waals surface area contributed by atoms with Crippen molar-refractivity contribution < 1.29 is 9.66 Å². The van der Waals surface area contributed by atoms with E-state index in [0.717, 1.165) is 26.3 Å². The molecule has 0 aromatic heterocycles. The molecule has 2 aromatic carbocycles. The topological polar surface area (TPSA) is 67.6 Å². The number of ether oxygens (including phenoxy) is 1. The molecule has 1 N–H and O–H groups in total. The van der Waals surface area contributed by atoms with E-state index in [2.05, 4.69) is 22.3 Å². The van der Waals surface area contributed by atoms with Crippen molar-refractivity contribution in [1.29, 1.82) is 0 Å². The molecule has 1 unspecified atom stereocenters. The number of para-hydroxylation sites is 2. The van der Waals surface area contributed by atoms with Crippen molar-refractivity contribution >= 4 is 11.4 Å². The van der Waals surface area contributed by atoms with Gasteiger partial charge in [-0.2, -0.15) is 0 Å². The highest BCUT2D eigenvalue weighted by atomic mass is 16.6. The summed E-state index contributed by atoms with van der Waals surface area (Å²) in [5.41, 5.74) is 1.86. The lowest BCUT2D eigenvalue weighted by Gasteiger charge is -2.35. The molecule has 2 aromatic rings. The molecule has 3 rings (SSSR count). The van der Waals surface area contributed by atoms with Crippen LogP contribution >= 0.6 is 0 Å². The Morgan fingerprint density at radius 3 is 2.46 bits per heavy atom. The van der Waals surface area contributed by atoms with Crippen LogP contribution in [0.15, 0.2) is 54.6 Å². The molecule has 0 bridgehead atoms. The van der Waals surface area contributed by atoms with E-state index >= 15 is 0 Å². The van der Waals surface area contributed by atoms with Crippen LogP contribution in [0, 0.1) is 10.1 Å². The number of hydrogen-bond donors (Lipinski definition) is 1. The van der Waals surface area contributed by atoms with E-state index in [9.17, 15) is 10.1 Å². The maximum atomic E-state index is 11.2. The molecule has 6 nitrogen and oxygen atoms in total. The summed E-state index contributed by atoms with van der Waals surface area (Å²) in [6, 6.07) is 17.1. The van der Waals surface area contributed by atoms with Crippen molar-refractivity contribution in [2.75, 3.05) is 38.2 Å². The number of nitrogens with one attached hydrogen (secondary N) is 1. The van der Waals surface area contributed by atoms with Gasteiger partial charge in [0.1, 0.15) is 5.69 Å². The maximum absolute atomic E-state index is 11.2. The Morgan fingerprint density at radius 2 is 1.75 bits per heavy atom. The fourth-order valence-corrected chi connectivity index (χ4v) is 3.01. The van der Waals surface area contributed by atoms with Gasteiger partial charge in [0.15, 0.2) is 0 Å². The lowest BCUT2D eigenvalue weighted by molar-refractivity contribution is -0.384. The first-order valence-electron chi connectivity index (χ1n) is 8.10. The number of benzene rings is 2. The lowest BCUT2D eigenvalue weighted by Crippen LogP contribution is -2.41. The Hall–Kier alpha value is -2.44. The second-order valence-corrected chi connectivity index (χ2v) is 5.73. The largest absolute Gasteiger partial charge is 0.379 e. The van der Waals surface area contributed by atoms with Crippen LogP contribution in [0.1, 0.15) is 11.6 Å².